The Morgan fingerprint density at radius 1 is 1.67 bits per heavy atom. The fraction of sp³-hybridized carbons (Fsp3) is 0.200. The number of esters is 1. The number of ether oxygens (including phenoxy) is 1. The van der Waals surface area contributed by atoms with Crippen LogP contribution in [0.2, 0.25) is 0 Å². The van der Waals surface area contributed by atoms with E-state index in [2.05, 4.69) is 16.6 Å². The molecule has 0 saturated heterocycles. The largest absolute Gasteiger partial charge is 0.465 e. The third kappa shape index (κ3) is 2.92. The Morgan fingerprint density at radius 3 is 3.00 bits per heavy atom. The van der Waals surface area contributed by atoms with Gasteiger partial charge in [-0.05, 0) is 23.1 Å². The smallest absolute Gasteiger partial charge is 0.348 e. The van der Waals surface area contributed by atoms with Gasteiger partial charge in [-0.15, -0.1) is 11.3 Å². The number of nitrogens with one attached hydrogen (secondary N) is 1. The third-order valence-corrected chi connectivity index (χ3v) is 2.69. The molecule has 80 valence electrons. The van der Waals surface area contributed by atoms with Gasteiger partial charge in [-0.25, -0.2) is 4.79 Å². The van der Waals surface area contributed by atoms with Crippen molar-refractivity contribution in [1.82, 2.24) is 5.32 Å². The molecule has 0 atom stereocenters. The number of methoxy groups -OCH3 is 1. The molecule has 0 spiro atoms. The number of thiophene rings is 1. The lowest BCUT2D eigenvalue weighted by atomic mass is 10.2. The van der Waals surface area contributed by atoms with Gasteiger partial charge >= 0.3 is 5.97 Å². The van der Waals surface area contributed by atoms with Gasteiger partial charge in [0.15, 0.2) is 0 Å². The summed E-state index contributed by atoms with van der Waals surface area (Å²) in [5, 5.41) is 4.38. The van der Waals surface area contributed by atoms with Crippen LogP contribution in [0.1, 0.15) is 15.2 Å². The Labute approximate surface area is 91.6 Å². The van der Waals surface area contributed by atoms with E-state index in [4.69, 9.17) is 0 Å². The minimum atomic E-state index is -0.382. The average molecular weight is 225 g/mol. The first-order chi connectivity index (χ1) is 7.19. The molecule has 0 aliphatic rings. The maximum Gasteiger partial charge on any atom is 0.348 e. The van der Waals surface area contributed by atoms with Crippen molar-refractivity contribution >= 4 is 23.2 Å². The second-order valence-electron chi connectivity index (χ2n) is 2.69. The van der Waals surface area contributed by atoms with E-state index in [9.17, 15) is 9.59 Å². The molecule has 0 aliphatic heterocycles. The highest BCUT2D eigenvalue weighted by molar-refractivity contribution is 7.12. The normalized spacial score (nSPS) is 9.40. The van der Waals surface area contributed by atoms with E-state index in [-0.39, 0.29) is 11.9 Å². The van der Waals surface area contributed by atoms with Crippen LogP contribution >= 0.6 is 11.3 Å². The Hall–Kier alpha value is -1.62. The van der Waals surface area contributed by atoms with E-state index in [0.717, 1.165) is 5.56 Å². The van der Waals surface area contributed by atoms with Crippen molar-refractivity contribution < 1.29 is 14.3 Å². The standard InChI is InChI=1S/C10H11NO3S/c1-3-8(12)11-6-7-4-5-15-9(7)10(13)14-2/h3-5H,1,6H2,2H3,(H,11,12). The Morgan fingerprint density at radius 2 is 2.40 bits per heavy atom. The van der Waals surface area contributed by atoms with E-state index in [1.807, 2.05) is 0 Å². The molecule has 1 heterocycles. The predicted octanol–water partition coefficient (Wildman–Crippen LogP) is 1.34. The van der Waals surface area contributed by atoms with Gasteiger partial charge in [-0.3, -0.25) is 4.79 Å². The molecule has 1 aromatic rings. The molecule has 1 N–H and O–H groups in total. The molecule has 15 heavy (non-hydrogen) atoms. The van der Waals surface area contributed by atoms with Gasteiger partial charge in [0.05, 0.1) is 7.11 Å². The predicted molar refractivity (Wildman–Crippen MR) is 57.7 cm³/mol. The Balaban J connectivity index is 2.69. The monoisotopic (exact) mass is 225 g/mol. The van der Waals surface area contributed by atoms with Gasteiger partial charge in [0.1, 0.15) is 4.88 Å². The number of carbonyl (C=O) groups excluding carboxylic acids is 2. The van der Waals surface area contributed by atoms with Crippen molar-refractivity contribution in [2.45, 2.75) is 6.54 Å². The van der Waals surface area contributed by atoms with Crippen molar-refractivity contribution in [3.05, 3.63) is 34.5 Å². The number of hydrogen-bond donors (Lipinski definition) is 1. The molecule has 1 rings (SSSR count). The van der Waals surface area contributed by atoms with Crippen molar-refractivity contribution in [1.29, 1.82) is 0 Å². The van der Waals surface area contributed by atoms with Gasteiger partial charge in [0, 0.05) is 6.54 Å². The zero-order valence-electron chi connectivity index (χ0n) is 8.28. The molecule has 5 heteroatoms. The van der Waals surface area contributed by atoms with Crippen LogP contribution in [0.5, 0.6) is 0 Å². The van der Waals surface area contributed by atoms with E-state index in [1.165, 1.54) is 24.5 Å². The fourth-order valence-corrected chi connectivity index (χ4v) is 1.84. The zero-order valence-corrected chi connectivity index (χ0v) is 9.10. The molecule has 0 fully saturated rings. The molecule has 0 aromatic carbocycles. The third-order valence-electron chi connectivity index (χ3n) is 1.76. The number of amides is 1. The summed E-state index contributed by atoms with van der Waals surface area (Å²) in [6.45, 7) is 3.64. The van der Waals surface area contributed by atoms with E-state index in [0.29, 0.717) is 11.4 Å². The lowest BCUT2D eigenvalue weighted by Gasteiger charge is -2.02. The molecule has 0 aliphatic carbocycles. The molecule has 4 nitrogen and oxygen atoms in total. The van der Waals surface area contributed by atoms with Gasteiger partial charge < -0.3 is 10.1 Å². The summed E-state index contributed by atoms with van der Waals surface area (Å²) in [6.07, 6.45) is 1.18. The van der Waals surface area contributed by atoms with Crippen molar-refractivity contribution in [2.75, 3.05) is 7.11 Å². The molecule has 1 amide bonds. The maximum absolute atomic E-state index is 11.3. The van der Waals surface area contributed by atoms with Gasteiger partial charge in [-0.2, -0.15) is 0 Å². The summed E-state index contributed by atoms with van der Waals surface area (Å²) in [5.74, 6) is -0.648. The van der Waals surface area contributed by atoms with Crippen LogP contribution in [-0.4, -0.2) is 19.0 Å². The second kappa shape index (κ2) is 5.31. The molecular weight excluding hydrogens is 214 g/mol. The lowest BCUT2D eigenvalue weighted by Crippen LogP contribution is -2.20. The zero-order chi connectivity index (χ0) is 11.3. The van der Waals surface area contributed by atoms with Gasteiger partial charge in [0.25, 0.3) is 0 Å². The SMILES string of the molecule is C=CC(=O)NCc1ccsc1C(=O)OC. The number of rotatable bonds is 4. The average Bonchev–Trinajstić information content (AvgIpc) is 2.72. The van der Waals surface area contributed by atoms with Crippen LogP contribution in [0.25, 0.3) is 0 Å². The van der Waals surface area contributed by atoms with Crippen LogP contribution in [0.4, 0.5) is 0 Å². The first-order valence-corrected chi connectivity index (χ1v) is 5.12. The summed E-state index contributed by atoms with van der Waals surface area (Å²) in [7, 11) is 1.33. The van der Waals surface area contributed by atoms with Crippen LogP contribution in [0.15, 0.2) is 24.1 Å². The summed E-state index contributed by atoms with van der Waals surface area (Å²) in [5.41, 5.74) is 0.752. The minimum absolute atomic E-state index is 0.267. The highest BCUT2D eigenvalue weighted by Gasteiger charge is 2.13. The van der Waals surface area contributed by atoms with E-state index in [1.54, 1.807) is 11.4 Å². The highest BCUT2D eigenvalue weighted by atomic mass is 32.1. The van der Waals surface area contributed by atoms with Crippen LogP contribution in [0.3, 0.4) is 0 Å². The summed E-state index contributed by atoms with van der Waals surface area (Å²) in [4.78, 5) is 22.7. The molecule has 0 unspecified atom stereocenters. The second-order valence-corrected chi connectivity index (χ2v) is 3.60. The van der Waals surface area contributed by atoms with Crippen LogP contribution in [-0.2, 0) is 16.1 Å². The van der Waals surface area contributed by atoms with Gasteiger partial charge in [-0.1, -0.05) is 6.58 Å². The van der Waals surface area contributed by atoms with E-state index >= 15 is 0 Å². The van der Waals surface area contributed by atoms with Crippen molar-refractivity contribution in [2.24, 2.45) is 0 Å². The van der Waals surface area contributed by atoms with Gasteiger partial charge in [0.2, 0.25) is 5.91 Å². The topological polar surface area (TPSA) is 55.4 Å². The number of carbonyl (C=O) groups is 2. The highest BCUT2D eigenvalue weighted by Crippen LogP contribution is 2.17. The summed E-state index contributed by atoms with van der Waals surface area (Å²) < 4.78 is 4.61. The summed E-state index contributed by atoms with van der Waals surface area (Å²) >= 11 is 1.29. The first-order valence-electron chi connectivity index (χ1n) is 4.24. The van der Waals surface area contributed by atoms with Crippen LogP contribution in [0, 0.1) is 0 Å². The molecule has 0 saturated carbocycles. The Bertz CT molecular complexity index is 384. The summed E-state index contributed by atoms with van der Waals surface area (Å²) in [6, 6.07) is 1.78. The first kappa shape index (κ1) is 11.5. The van der Waals surface area contributed by atoms with Crippen molar-refractivity contribution in [3.63, 3.8) is 0 Å². The molecule has 0 radical (unpaired) electrons. The molecular formula is C10H11NO3S. The molecule has 0 bridgehead atoms. The van der Waals surface area contributed by atoms with E-state index < -0.39 is 0 Å². The van der Waals surface area contributed by atoms with Crippen LogP contribution < -0.4 is 5.32 Å². The minimum Gasteiger partial charge on any atom is -0.465 e. The van der Waals surface area contributed by atoms with Crippen molar-refractivity contribution in [3.8, 4) is 0 Å². The lowest BCUT2D eigenvalue weighted by molar-refractivity contribution is -0.116. The Kier molecular flexibility index (Phi) is 4.05. The maximum atomic E-state index is 11.3. The number of hydrogen-bond acceptors (Lipinski definition) is 4. The fourth-order valence-electron chi connectivity index (χ4n) is 1.00. The molecule has 1 aromatic heterocycles. The quantitative estimate of drug-likeness (QED) is 0.621.